The molecular formula is C26H19F6N3O6. The third-order valence-corrected chi connectivity index (χ3v) is 6.32. The van der Waals surface area contributed by atoms with Gasteiger partial charge in [0, 0.05) is 30.2 Å². The van der Waals surface area contributed by atoms with Crippen molar-refractivity contribution in [2.24, 2.45) is 0 Å². The number of benzene rings is 3. The summed E-state index contributed by atoms with van der Waals surface area (Å²) in [5, 5.41) is 20.7. The molecule has 0 saturated carbocycles. The van der Waals surface area contributed by atoms with Gasteiger partial charge in [-0.15, -0.1) is 0 Å². The predicted molar refractivity (Wildman–Crippen MR) is 132 cm³/mol. The lowest BCUT2D eigenvalue weighted by molar-refractivity contribution is -0.384. The minimum absolute atomic E-state index is 0.00164. The minimum Gasteiger partial charge on any atom is -0.493 e. The number of ether oxygens (including phenoxy) is 2. The van der Waals surface area contributed by atoms with Gasteiger partial charge in [0.2, 0.25) is 0 Å². The SMILES string of the molecule is COc1cc2nc(Cc3ccc([N+](=O)[O-])cc3)n(-c3ccc(C(O)(C(F)(F)F)C(F)(F)F)cc3)c(=O)c2cc1OC. The average Bonchev–Trinajstić information content (AvgIpc) is 2.91. The molecule has 0 aliphatic rings. The van der Waals surface area contributed by atoms with E-state index in [2.05, 4.69) is 4.98 Å². The molecule has 0 amide bonds. The van der Waals surface area contributed by atoms with Gasteiger partial charge >= 0.3 is 12.4 Å². The first-order valence-corrected chi connectivity index (χ1v) is 11.5. The maximum absolute atomic E-state index is 13.7. The van der Waals surface area contributed by atoms with Crippen LogP contribution in [0.3, 0.4) is 0 Å². The first-order valence-electron chi connectivity index (χ1n) is 11.5. The zero-order valence-corrected chi connectivity index (χ0v) is 21.1. The number of halogens is 6. The maximum atomic E-state index is 13.7. The van der Waals surface area contributed by atoms with Crippen LogP contribution >= 0.6 is 0 Å². The summed E-state index contributed by atoms with van der Waals surface area (Å²) in [5.74, 6) is 0.386. The van der Waals surface area contributed by atoms with Gasteiger partial charge in [0.1, 0.15) is 5.82 Å². The number of hydrogen-bond donors (Lipinski definition) is 1. The Balaban J connectivity index is 1.94. The standard InChI is InChI=1S/C26H19F6N3O6/c1-40-20-12-18-19(13-21(20)41-2)33-22(11-14-3-7-17(8-4-14)35(38)39)34(23(18)36)16-9-5-15(6-10-16)24(37,25(27,28)29)26(30,31)32/h3-10,12-13,37H,11H2,1-2H3. The summed E-state index contributed by atoms with van der Waals surface area (Å²) < 4.78 is 91.6. The number of rotatable bonds is 7. The topological polar surface area (TPSA) is 117 Å². The van der Waals surface area contributed by atoms with Gasteiger partial charge in [0.25, 0.3) is 16.8 Å². The first kappa shape index (κ1) is 29.3. The summed E-state index contributed by atoms with van der Waals surface area (Å²) >= 11 is 0. The summed E-state index contributed by atoms with van der Waals surface area (Å²) in [4.78, 5) is 28.6. The number of nitrogens with zero attached hydrogens (tertiary/aromatic N) is 3. The molecule has 216 valence electrons. The lowest BCUT2D eigenvalue weighted by atomic mass is 9.92. The van der Waals surface area contributed by atoms with Gasteiger partial charge in [-0.3, -0.25) is 19.5 Å². The van der Waals surface area contributed by atoms with E-state index in [0.29, 0.717) is 17.7 Å². The molecule has 4 rings (SSSR count). The number of methoxy groups -OCH3 is 2. The summed E-state index contributed by atoms with van der Waals surface area (Å²) in [7, 11) is 2.67. The van der Waals surface area contributed by atoms with Crippen molar-refractivity contribution in [1.29, 1.82) is 0 Å². The summed E-state index contributed by atoms with van der Waals surface area (Å²) in [6, 6.07) is 10.4. The highest BCUT2D eigenvalue weighted by atomic mass is 19.4. The van der Waals surface area contributed by atoms with Gasteiger partial charge in [0.05, 0.1) is 35.7 Å². The molecule has 4 aromatic rings. The fourth-order valence-corrected chi connectivity index (χ4v) is 4.20. The average molecular weight is 583 g/mol. The van der Waals surface area contributed by atoms with Crippen molar-refractivity contribution in [3.63, 3.8) is 0 Å². The van der Waals surface area contributed by atoms with Crippen LogP contribution in [0.2, 0.25) is 0 Å². The van der Waals surface area contributed by atoms with Gasteiger partial charge < -0.3 is 14.6 Å². The molecule has 1 heterocycles. The molecule has 9 nitrogen and oxygen atoms in total. The second-order valence-electron chi connectivity index (χ2n) is 8.75. The number of fused-ring (bicyclic) bond motifs is 1. The molecule has 1 N–H and O–H groups in total. The van der Waals surface area contributed by atoms with E-state index in [1.807, 2.05) is 0 Å². The van der Waals surface area contributed by atoms with E-state index in [-0.39, 0.29) is 46.0 Å². The molecule has 41 heavy (non-hydrogen) atoms. The number of nitro groups is 1. The third-order valence-electron chi connectivity index (χ3n) is 6.32. The van der Waals surface area contributed by atoms with Crippen molar-refractivity contribution < 1.29 is 45.8 Å². The monoisotopic (exact) mass is 583 g/mol. The van der Waals surface area contributed by atoms with Gasteiger partial charge in [-0.05, 0) is 23.8 Å². The van der Waals surface area contributed by atoms with Crippen molar-refractivity contribution in [2.75, 3.05) is 14.2 Å². The van der Waals surface area contributed by atoms with Gasteiger partial charge in [-0.2, -0.15) is 26.3 Å². The summed E-state index contributed by atoms with van der Waals surface area (Å²) in [6.45, 7) is 0. The predicted octanol–water partition coefficient (Wildman–Crippen LogP) is 5.21. The molecule has 0 unspecified atom stereocenters. The molecule has 0 saturated heterocycles. The van der Waals surface area contributed by atoms with Gasteiger partial charge in [-0.25, -0.2) is 4.98 Å². The quantitative estimate of drug-likeness (QED) is 0.180. The molecule has 0 fully saturated rings. The maximum Gasteiger partial charge on any atom is 0.430 e. The summed E-state index contributed by atoms with van der Waals surface area (Å²) in [6.07, 6.45) is -12.3. The molecule has 0 aliphatic heterocycles. The molecule has 0 atom stereocenters. The number of hydrogen-bond acceptors (Lipinski definition) is 7. The normalized spacial score (nSPS) is 12.4. The van der Waals surface area contributed by atoms with E-state index in [9.17, 15) is 46.4 Å². The minimum atomic E-state index is -6.09. The van der Waals surface area contributed by atoms with Crippen LogP contribution in [0.4, 0.5) is 32.0 Å². The zero-order valence-electron chi connectivity index (χ0n) is 21.1. The van der Waals surface area contributed by atoms with Crippen LogP contribution in [0.5, 0.6) is 11.5 Å². The number of aromatic nitrogens is 2. The number of alkyl halides is 6. The highest BCUT2D eigenvalue weighted by molar-refractivity contribution is 5.82. The first-order chi connectivity index (χ1) is 19.1. The van der Waals surface area contributed by atoms with Crippen molar-refractivity contribution in [3.8, 4) is 17.2 Å². The Bertz CT molecular complexity index is 1650. The number of non-ortho nitro benzene ring substituents is 1. The third kappa shape index (κ3) is 5.15. The van der Waals surface area contributed by atoms with E-state index < -0.39 is 34.0 Å². The molecule has 0 aliphatic carbocycles. The second-order valence-corrected chi connectivity index (χ2v) is 8.75. The highest BCUT2D eigenvalue weighted by Crippen LogP contribution is 2.50. The van der Waals surface area contributed by atoms with Crippen molar-refractivity contribution in [3.05, 3.63) is 98.1 Å². The highest BCUT2D eigenvalue weighted by Gasteiger charge is 2.71. The largest absolute Gasteiger partial charge is 0.493 e. The van der Waals surface area contributed by atoms with Crippen molar-refractivity contribution in [2.45, 2.75) is 24.4 Å². The fraction of sp³-hybridized carbons (Fsp3) is 0.231. The van der Waals surface area contributed by atoms with Crippen LogP contribution in [-0.4, -0.2) is 46.2 Å². The van der Waals surface area contributed by atoms with Crippen molar-refractivity contribution in [1.82, 2.24) is 9.55 Å². The van der Waals surface area contributed by atoms with Crippen LogP contribution in [0.1, 0.15) is 17.0 Å². The second kappa shape index (κ2) is 10.4. The zero-order chi connectivity index (χ0) is 30.3. The fourth-order valence-electron chi connectivity index (χ4n) is 4.20. The number of aliphatic hydroxyl groups is 1. The molecule has 0 spiro atoms. The molecule has 1 aromatic heterocycles. The smallest absolute Gasteiger partial charge is 0.430 e. The molecule has 0 bridgehead atoms. The van der Waals surface area contributed by atoms with Gasteiger partial charge in [-0.1, -0.05) is 24.3 Å². The Morgan fingerprint density at radius 3 is 1.93 bits per heavy atom. The lowest BCUT2D eigenvalue weighted by Crippen LogP contribution is -2.53. The Kier molecular flexibility index (Phi) is 7.43. The van der Waals surface area contributed by atoms with Crippen LogP contribution in [0.15, 0.2) is 65.5 Å². The van der Waals surface area contributed by atoms with Gasteiger partial charge in [0.15, 0.2) is 11.5 Å². The molecule has 0 radical (unpaired) electrons. The van der Waals surface area contributed by atoms with E-state index in [4.69, 9.17) is 9.47 Å². The van der Waals surface area contributed by atoms with E-state index >= 15 is 0 Å². The van der Waals surface area contributed by atoms with E-state index in [1.54, 1.807) is 0 Å². The number of nitro benzene ring substituents is 1. The lowest BCUT2D eigenvalue weighted by Gasteiger charge is -2.32. The van der Waals surface area contributed by atoms with E-state index in [0.717, 1.165) is 16.7 Å². The Morgan fingerprint density at radius 1 is 0.902 bits per heavy atom. The van der Waals surface area contributed by atoms with Crippen LogP contribution in [-0.2, 0) is 12.0 Å². The Labute approximate surface area is 226 Å². The molecular weight excluding hydrogens is 564 g/mol. The Hall–Kier alpha value is -4.66. The molecule has 3 aromatic carbocycles. The van der Waals surface area contributed by atoms with Crippen LogP contribution < -0.4 is 15.0 Å². The van der Waals surface area contributed by atoms with Crippen molar-refractivity contribution >= 4 is 16.6 Å². The Morgan fingerprint density at radius 2 is 1.44 bits per heavy atom. The van der Waals surface area contributed by atoms with E-state index in [1.165, 1.54) is 50.6 Å². The summed E-state index contributed by atoms with van der Waals surface area (Å²) in [5.41, 5.74) is -7.18. The van der Waals surface area contributed by atoms with Crippen LogP contribution in [0, 0.1) is 10.1 Å². The molecule has 15 heteroatoms. The van der Waals surface area contributed by atoms with Crippen LogP contribution in [0.25, 0.3) is 16.6 Å².